The van der Waals surface area contributed by atoms with Gasteiger partial charge in [-0.15, -0.1) is 0 Å². The van der Waals surface area contributed by atoms with Gasteiger partial charge in [-0.05, 0) is 56.9 Å². The van der Waals surface area contributed by atoms with E-state index in [4.69, 9.17) is 0 Å². The van der Waals surface area contributed by atoms with Gasteiger partial charge in [0.25, 0.3) is 5.91 Å². The molecule has 1 amide bonds. The number of aromatic nitrogens is 2. The Morgan fingerprint density at radius 2 is 2.00 bits per heavy atom. The molecule has 0 saturated carbocycles. The minimum Gasteiger partial charge on any atom is -0.344 e. The molecule has 1 aliphatic carbocycles. The molecule has 1 atom stereocenters. The zero-order chi connectivity index (χ0) is 18.5. The van der Waals surface area contributed by atoms with Crippen LogP contribution in [-0.2, 0) is 22.7 Å². The van der Waals surface area contributed by atoms with Gasteiger partial charge < -0.3 is 5.32 Å². The summed E-state index contributed by atoms with van der Waals surface area (Å²) in [6, 6.07) is 5.99. The van der Waals surface area contributed by atoms with Gasteiger partial charge in [0, 0.05) is 11.3 Å². The number of halogens is 1. The Morgan fingerprint density at radius 3 is 2.65 bits per heavy atom. The monoisotopic (exact) mass is 377 g/mol. The van der Waals surface area contributed by atoms with Crippen molar-refractivity contribution in [3.8, 4) is 5.69 Å². The molecule has 0 bridgehead atoms. The van der Waals surface area contributed by atoms with E-state index in [-0.39, 0.29) is 23.2 Å². The van der Waals surface area contributed by atoms with Crippen molar-refractivity contribution in [2.24, 2.45) is 0 Å². The molecular formula is C18H20FN3O3S. The van der Waals surface area contributed by atoms with Crippen LogP contribution in [0.25, 0.3) is 5.69 Å². The number of hydrogen-bond acceptors (Lipinski definition) is 4. The SMILES string of the molecule is CC1(NC(=O)c2nn(-c3ccc(F)cc3)c3c2CCC3)CCS(=O)(=O)C1. The van der Waals surface area contributed by atoms with Crippen LogP contribution in [0, 0.1) is 5.82 Å². The van der Waals surface area contributed by atoms with Crippen molar-refractivity contribution in [1.29, 1.82) is 0 Å². The third-order valence-corrected chi connectivity index (χ3v) is 7.04. The van der Waals surface area contributed by atoms with Crippen molar-refractivity contribution in [3.05, 3.63) is 47.0 Å². The number of amides is 1. The number of carbonyl (C=O) groups is 1. The molecular weight excluding hydrogens is 357 g/mol. The van der Waals surface area contributed by atoms with E-state index < -0.39 is 15.4 Å². The topological polar surface area (TPSA) is 81.1 Å². The van der Waals surface area contributed by atoms with Crippen LogP contribution in [0.1, 0.15) is 41.5 Å². The molecule has 2 heterocycles. The first kappa shape index (κ1) is 17.2. The maximum absolute atomic E-state index is 13.2. The maximum atomic E-state index is 13.2. The molecule has 1 fully saturated rings. The Labute approximate surface area is 151 Å². The average molecular weight is 377 g/mol. The number of rotatable bonds is 3. The highest BCUT2D eigenvalue weighted by Crippen LogP contribution is 2.29. The molecule has 1 N–H and O–H groups in total. The molecule has 0 spiro atoms. The van der Waals surface area contributed by atoms with Gasteiger partial charge in [-0.2, -0.15) is 5.10 Å². The van der Waals surface area contributed by atoms with Crippen molar-refractivity contribution in [1.82, 2.24) is 15.1 Å². The lowest BCUT2D eigenvalue weighted by atomic mass is 10.0. The van der Waals surface area contributed by atoms with Gasteiger partial charge in [-0.25, -0.2) is 17.5 Å². The minimum absolute atomic E-state index is 0.0490. The maximum Gasteiger partial charge on any atom is 0.272 e. The second-order valence-corrected chi connectivity index (χ2v) is 9.56. The second kappa shape index (κ2) is 5.90. The summed E-state index contributed by atoms with van der Waals surface area (Å²) in [6.07, 6.45) is 2.90. The van der Waals surface area contributed by atoms with Crippen LogP contribution < -0.4 is 5.32 Å². The molecule has 1 aliphatic heterocycles. The van der Waals surface area contributed by atoms with Crippen LogP contribution in [0.3, 0.4) is 0 Å². The van der Waals surface area contributed by atoms with Gasteiger partial charge in [0.05, 0.1) is 22.7 Å². The Bertz CT molecular complexity index is 982. The van der Waals surface area contributed by atoms with E-state index in [0.717, 1.165) is 30.5 Å². The Balaban J connectivity index is 1.66. The first-order valence-corrected chi connectivity index (χ1v) is 10.5. The molecule has 1 aromatic heterocycles. The normalized spacial score (nSPS) is 23.8. The Kier molecular flexibility index (Phi) is 3.91. The first-order chi connectivity index (χ1) is 12.3. The van der Waals surface area contributed by atoms with Crippen LogP contribution >= 0.6 is 0 Å². The summed E-state index contributed by atoms with van der Waals surface area (Å²) < 4.78 is 38.4. The van der Waals surface area contributed by atoms with E-state index in [0.29, 0.717) is 17.8 Å². The fraction of sp³-hybridized carbons (Fsp3) is 0.444. The van der Waals surface area contributed by atoms with Gasteiger partial charge in [-0.3, -0.25) is 4.79 Å². The molecule has 1 aromatic carbocycles. The zero-order valence-corrected chi connectivity index (χ0v) is 15.3. The fourth-order valence-corrected chi connectivity index (χ4v) is 5.95. The van der Waals surface area contributed by atoms with Gasteiger partial charge in [0.15, 0.2) is 15.5 Å². The van der Waals surface area contributed by atoms with E-state index in [2.05, 4.69) is 10.4 Å². The lowest BCUT2D eigenvalue weighted by Crippen LogP contribution is -2.47. The summed E-state index contributed by atoms with van der Waals surface area (Å²) in [7, 11) is -3.11. The first-order valence-electron chi connectivity index (χ1n) is 8.66. The van der Waals surface area contributed by atoms with Crippen LogP contribution in [-0.4, -0.2) is 41.2 Å². The molecule has 138 valence electrons. The molecule has 0 radical (unpaired) electrons. The summed E-state index contributed by atoms with van der Waals surface area (Å²) in [5, 5.41) is 7.35. The predicted octanol–water partition coefficient (Wildman–Crippen LogP) is 1.81. The highest BCUT2D eigenvalue weighted by Gasteiger charge is 2.40. The summed E-state index contributed by atoms with van der Waals surface area (Å²) in [6.45, 7) is 1.76. The van der Waals surface area contributed by atoms with Gasteiger partial charge in [0.2, 0.25) is 0 Å². The highest BCUT2D eigenvalue weighted by molar-refractivity contribution is 7.91. The molecule has 8 heteroatoms. The summed E-state index contributed by atoms with van der Waals surface area (Å²) in [4.78, 5) is 12.8. The van der Waals surface area contributed by atoms with E-state index in [1.54, 1.807) is 23.7 Å². The standard InChI is InChI=1S/C18H20FN3O3S/c1-18(9-10-26(24,25)11-18)20-17(23)16-14-3-2-4-15(14)22(21-16)13-7-5-12(19)6-8-13/h5-8H,2-4,9-11H2,1H3,(H,20,23). The number of fused-ring (bicyclic) bond motifs is 1. The van der Waals surface area contributed by atoms with E-state index >= 15 is 0 Å². The predicted molar refractivity (Wildman–Crippen MR) is 94.7 cm³/mol. The average Bonchev–Trinajstić information content (AvgIpc) is 3.22. The summed E-state index contributed by atoms with van der Waals surface area (Å²) >= 11 is 0. The highest BCUT2D eigenvalue weighted by atomic mass is 32.2. The number of benzene rings is 1. The number of nitrogens with zero attached hydrogens (tertiary/aromatic N) is 2. The van der Waals surface area contributed by atoms with Crippen LogP contribution in [0.5, 0.6) is 0 Å². The number of carbonyl (C=O) groups excluding carboxylic acids is 1. The molecule has 26 heavy (non-hydrogen) atoms. The van der Waals surface area contributed by atoms with Crippen LogP contribution in [0.2, 0.25) is 0 Å². The number of hydrogen-bond donors (Lipinski definition) is 1. The third-order valence-electron chi connectivity index (χ3n) is 5.14. The van der Waals surface area contributed by atoms with Crippen LogP contribution in [0.4, 0.5) is 4.39 Å². The summed E-state index contributed by atoms with van der Waals surface area (Å²) in [5.41, 5.74) is 2.15. The molecule has 1 saturated heterocycles. The smallest absolute Gasteiger partial charge is 0.272 e. The van der Waals surface area contributed by atoms with E-state index in [9.17, 15) is 17.6 Å². The quantitative estimate of drug-likeness (QED) is 0.885. The van der Waals surface area contributed by atoms with Crippen molar-refractivity contribution in [2.75, 3.05) is 11.5 Å². The van der Waals surface area contributed by atoms with Gasteiger partial charge in [-0.1, -0.05) is 0 Å². The number of sulfone groups is 1. The van der Waals surface area contributed by atoms with Gasteiger partial charge >= 0.3 is 0 Å². The molecule has 2 aromatic rings. The van der Waals surface area contributed by atoms with Crippen molar-refractivity contribution < 1.29 is 17.6 Å². The largest absolute Gasteiger partial charge is 0.344 e. The van der Waals surface area contributed by atoms with Crippen molar-refractivity contribution >= 4 is 15.7 Å². The van der Waals surface area contributed by atoms with E-state index in [1.807, 2.05) is 0 Å². The molecule has 2 aliphatic rings. The Hall–Kier alpha value is -2.22. The van der Waals surface area contributed by atoms with E-state index in [1.165, 1.54) is 12.1 Å². The Morgan fingerprint density at radius 1 is 1.27 bits per heavy atom. The molecule has 4 rings (SSSR count). The lowest BCUT2D eigenvalue weighted by molar-refractivity contribution is 0.0909. The zero-order valence-electron chi connectivity index (χ0n) is 14.5. The lowest BCUT2D eigenvalue weighted by Gasteiger charge is -2.23. The van der Waals surface area contributed by atoms with Crippen molar-refractivity contribution in [2.45, 2.75) is 38.1 Å². The second-order valence-electron chi connectivity index (χ2n) is 7.37. The number of nitrogens with one attached hydrogen (secondary N) is 1. The molecule has 6 nitrogen and oxygen atoms in total. The van der Waals surface area contributed by atoms with Gasteiger partial charge in [0.1, 0.15) is 5.82 Å². The minimum atomic E-state index is -3.11. The summed E-state index contributed by atoms with van der Waals surface area (Å²) in [5.74, 6) is -0.632. The third kappa shape index (κ3) is 3.02. The van der Waals surface area contributed by atoms with Crippen molar-refractivity contribution in [3.63, 3.8) is 0 Å². The van der Waals surface area contributed by atoms with Crippen LogP contribution in [0.15, 0.2) is 24.3 Å². The molecule has 1 unspecified atom stereocenters. The fourth-order valence-electron chi connectivity index (χ4n) is 3.86.